The Morgan fingerprint density at radius 2 is 1.63 bits per heavy atom. The van der Waals surface area contributed by atoms with Crippen molar-refractivity contribution in [1.29, 1.82) is 0 Å². The van der Waals surface area contributed by atoms with E-state index >= 15 is 0 Å². The number of likely N-dealkylation sites (tertiary alicyclic amines) is 2. The molecule has 2 saturated heterocycles. The van der Waals surface area contributed by atoms with Crippen LogP contribution in [-0.4, -0.2) is 47.3 Å². The fourth-order valence-corrected chi connectivity index (χ4v) is 5.29. The van der Waals surface area contributed by atoms with Gasteiger partial charge in [0.15, 0.2) is 0 Å². The van der Waals surface area contributed by atoms with E-state index in [4.69, 9.17) is 0 Å². The van der Waals surface area contributed by atoms with Crippen LogP contribution in [0, 0.1) is 12.3 Å². The van der Waals surface area contributed by atoms with Crippen molar-refractivity contribution < 1.29 is 9.59 Å². The molecule has 3 fully saturated rings. The molecule has 0 N–H and O–H groups in total. The number of hydrogen-bond acceptors (Lipinski definition) is 2. The third kappa shape index (κ3) is 3.64. The predicted octanol–water partition coefficient (Wildman–Crippen LogP) is 4.40. The average molecular weight is 403 g/mol. The molecule has 0 bridgehead atoms. The normalized spacial score (nSPS) is 23.6. The van der Waals surface area contributed by atoms with Gasteiger partial charge in [0.25, 0.3) is 5.91 Å². The summed E-state index contributed by atoms with van der Waals surface area (Å²) in [5.74, 6) is 0.405. The number of hydrogen-bond donors (Lipinski definition) is 0. The van der Waals surface area contributed by atoms with E-state index in [1.54, 1.807) is 0 Å². The zero-order valence-electron chi connectivity index (χ0n) is 17.7. The van der Waals surface area contributed by atoms with Crippen molar-refractivity contribution in [2.45, 2.75) is 51.0 Å². The maximum Gasteiger partial charge on any atom is 0.253 e. The molecule has 30 heavy (non-hydrogen) atoms. The summed E-state index contributed by atoms with van der Waals surface area (Å²) in [7, 11) is 0. The summed E-state index contributed by atoms with van der Waals surface area (Å²) in [5.41, 5.74) is 3.21. The van der Waals surface area contributed by atoms with Crippen LogP contribution < -0.4 is 0 Å². The maximum absolute atomic E-state index is 13.3. The minimum Gasteiger partial charge on any atom is -0.339 e. The van der Waals surface area contributed by atoms with Gasteiger partial charge in [0.2, 0.25) is 5.91 Å². The van der Waals surface area contributed by atoms with E-state index in [0.29, 0.717) is 11.9 Å². The summed E-state index contributed by atoms with van der Waals surface area (Å²) in [6.45, 7) is 4.46. The second-order valence-corrected chi connectivity index (χ2v) is 9.52. The van der Waals surface area contributed by atoms with Gasteiger partial charge in [0.1, 0.15) is 0 Å². The Kier molecular flexibility index (Phi) is 4.88. The summed E-state index contributed by atoms with van der Waals surface area (Å²) >= 11 is 0. The molecule has 1 saturated carbocycles. The van der Waals surface area contributed by atoms with Crippen molar-refractivity contribution in [2.75, 3.05) is 19.6 Å². The van der Waals surface area contributed by atoms with Crippen molar-refractivity contribution in [1.82, 2.24) is 9.80 Å². The molecule has 2 heterocycles. The summed E-state index contributed by atoms with van der Waals surface area (Å²) < 4.78 is 0. The lowest BCUT2D eigenvalue weighted by Crippen LogP contribution is -2.55. The van der Waals surface area contributed by atoms with E-state index < -0.39 is 0 Å². The molecule has 1 aliphatic carbocycles. The van der Waals surface area contributed by atoms with E-state index in [1.165, 1.54) is 5.56 Å². The number of amides is 2. The maximum atomic E-state index is 13.3. The summed E-state index contributed by atoms with van der Waals surface area (Å²) in [4.78, 5) is 30.4. The quantitative estimate of drug-likeness (QED) is 0.764. The van der Waals surface area contributed by atoms with E-state index in [9.17, 15) is 9.59 Å². The summed E-state index contributed by atoms with van der Waals surface area (Å²) in [6, 6.07) is 18.6. The minimum absolute atomic E-state index is 0.0418. The highest BCUT2D eigenvalue weighted by Crippen LogP contribution is 2.48. The molecule has 2 aliphatic heterocycles. The number of nitrogens with zero attached hydrogens (tertiary/aromatic N) is 2. The van der Waals surface area contributed by atoms with E-state index in [0.717, 1.165) is 62.9 Å². The van der Waals surface area contributed by atoms with E-state index in [2.05, 4.69) is 17.0 Å². The van der Waals surface area contributed by atoms with Crippen LogP contribution in [0.1, 0.15) is 59.5 Å². The minimum atomic E-state index is -0.0418. The molecule has 1 unspecified atom stereocenters. The topological polar surface area (TPSA) is 40.6 Å². The van der Waals surface area contributed by atoms with Crippen molar-refractivity contribution in [2.24, 2.45) is 5.41 Å². The molecule has 156 valence electrons. The van der Waals surface area contributed by atoms with Crippen molar-refractivity contribution in [3.63, 3.8) is 0 Å². The van der Waals surface area contributed by atoms with Gasteiger partial charge in [0, 0.05) is 31.2 Å². The fourth-order valence-electron chi connectivity index (χ4n) is 5.29. The lowest BCUT2D eigenvalue weighted by Gasteiger charge is -2.50. The molecule has 2 amide bonds. The highest BCUT2D eigenvalue weighted by Gasteiger charge is 2.49. The van der Waals surface area contributed by atoms with Crippen LogP contribution in [0.15, 0.2) is 54.6 Å². The van der Waals surface area contributed by atoms with Gasteiger partial charge in [-0.25, -0.2) is 0 Å². The average Bonchev–Trinajstić information content (AvgIpc) is 3.62. The Hall–Kier alpha value is -2.62. The van der Waals surface area contributed by atoms with Gasteiger partial charge in [0.05, 0.1) is 5.92 Å². The Morgan fingerprint density at radius 3 is 2.27 bits per heavy atom. The lowest BCUT2D eigenvalue weighted by atomic mass is 9.67. The van der Waals surface area contributed by atoms with E-state index in [-0.39, 0.29) is 17.2 Å². The number of piperidine rings is 2. The number of carbonyl (C=O) groups is 2. The van der Waals surface area contributed by atoms with Gasteiger partial charge in [-0.15, -0.1) is 0 Å². The third-order valence-corrected chi connectivity index (χ3v) is 7.32. The molecule has 4 nitrogen and oxygen atoms in total. The van der Waals surface area contributed by atoms with Gasteiger partial charge < -0.3 is 9.80 Å². The van der Waals surface area contributed by atoms with Crippen LogP contribution in [0.5, 0.6) is 0 Å². The first-order valence-corrected chi connectivity index (χ1v) is 11.3. The van der Waals surface area contributed by atoms with Crippen LogP contribution in [0.25, 0.3) is 0 Å². The smallest absolute Gasteiger partial charge is 0.253 e. The molecule has 5 rings (SSSR count). The molecule has 2 aromatic carbocycles. The molecule has 0 aromatic heterocycles. The van der Waals surface area contributed by atoms with Crippen LogP contribution in [-0.2, 0) is 4.79 Å². The number of aryl methyl sites for hydroxylation is 1. The van der Waals surface area contributed by atoms with Crippen molar-refractivity contribution in [3.05, 3.63) is 71.3 Å². The number of benzene rings is 2. The van der Waals surface area contributed by atoms with Crippen molar-refractivity contribution in [3.8, 4) is 0 Å². The van der Waals surface area contributed by atoms with Crippen LogP contribution in [0.2, 0.25) is 0 Å². The van der Waals surface area contributed by atoms with Gasteiger partial charge in [-0.3, -0.25) is 9.59 Å². The third-order valence-electron chi connectivity index (χ3n) is 7.32. The second-order valence-electron chi connectivity index (χ2n) is 9.52. The highest BCUT2D eigenvalue weighted by atomic mass is 16.2. The first-order chi connectivity index (χ1) is 14.5. The summed E-state index contributed by atoms with van der Waals surface area (Å²) in [6.07, 6.45) is 5.14. The standard InChI is InChI=1S/C26H30N2O2/c1-19-7-9-21(10-8-19)24(29)27-15-13-26(14-16-27)17-23(20-5-3-2-4-6-20)25(30)28(18-26)22-11-12-22/h2-10,22-23H,11-18H2,1H3. The Bertz CT molecular complexity index is 925. The molecular weight excluding hydrogens is 372 g/mol. The van der Waals surface area contributed by atoms with Gasteiger partial charge in [-0.1, -0.05) is 48.0 Å². The van der Waals surface area contributed by atoms with E-state index in [1.807, 2.05) is 54.3 Å². The molecular formula is C26H30N2O2. The Labute approximate surface area is 178 Å². The van der Waals surface area contributed by atoms with Crippen LogP contribution >= 0.6 is 0 Å². The Morgan fingerprint density at radius 1 is 0.967 bits per heavy atom. The zero-order chi connectivity index (χ0) is 20.7. The van der Waals surface area contributed by atoms with Gasteiger partial charge in [-0.05, 0) is 62.1 Å². The van der Waals surface area contributed by atoms with Crippen LogP contribution in [0.4, 0.5) is 0 Å². The second kappa shape index (κ2) is 7.57. The largest absolute Gasteiger partial charge is 0.339 e. The lowest BCUT2D eigenvalue weighted by molar-refractivity contribution is -0.142. The molecule has 3 aliphatic rings. The van der Waals surface area contributed by atoms with Crippen LogP contribution in [0.3, 0.4) is 0 Å². The molecule has 1 atom stereocenters. The zero-order valence-corrected chi connectivity index (χ0v) is 17.7. The molecule has 1 spiro atoms. The first kappa shape index (κ1) is 19.3. The summed E-state index contributed by atoms with van der Waals surface area (Å²) in [5, 5.41) is 0. The Balaban J connectivity index is 1.33. The predicted molar refractivity (Wildman–Crippen MR) is 117 cm³/mol. The number of rotatable bonds is 3. The SMILES string of the molecule is Cc1ccc(C(=O)N2CCC3(CC2)CC(c2ccccc2)C(=O)N(C2CC2)C3)cc1. The molecule has 4 heteroatoms. The van der Waals surface area contributed by atoms with Gasteiger partial charge >= 0.3 is 0 Å². The highest BCUT2D eigenvalue weighted by molar-refractivity contribution is 5.94. The first-order valence-electron chi connectivity index (χ1n) is 11.3. The molecule has 2 aromatic rings. The molecule has 0 radical (unpaired) electrons. The number of carbonyl (C=O) groups excluding carboxylic acids is 2. The fraction of sp³-hybridized carbons (Fsp3) is 0.462. The van der Waals surface area contributed by atoms with Crippen molar-refractivity contribution >= 4 is 11.8 Å². The van der Waals surface area contributed by atoms with Gasteiger partial charge in [-0.2, -0.15) is 0 Å². The monoisotopic (exact) mass is 402 g/mol.